The van der Waals surface area contributed by atoms with E-state index < -0.39 is 0 Å². The first-order valence-electron chi connectivity index (χ1n) is 8.24. The minimum atomic E-state index is -0.235. The highest BCUT2D eigenvalue weighted by molar-refractivity contribution is 5.76. The van der Waals surface area contributed by atoms with Crippen LogP contribution in [-0.4, -0.2) is 48.2 Å². The molecule has 0 aromatic carbocycles. The van der Waals surface area contributed by atoms with E-state index in [1.165, 1.54) is 12.8 Å². The minimum Gasteiger partial charge on any atom is -0.393 e. The highest BCUT2D eigenvalue weighted by Gasteiger charge is 2.28. The summed E-state index contributed by atoms with van der Waals surface area (Å²) in [7, 11) is 0. The second-order valence-corrected chi connectivity index (χ2v) is 6.73. The van der Waals surface area contributed by atoms with Crippen LogP contribution < -0.4 is 5.32 Å². The van der Waals surface area contributed by atoms with Crippen molar-refractivity contribution in [3.63, 3.8) is 0 Å². The Morgan fingerprint density at radius 1 is 1.15 bits per heavy atom. The molecule has 20 heavy (non-hydrogen) atoms. The van der Waals surface area contributed by atoms with Gasteiger partial charge in [-0.15, -0.1) is 0 Å². The Balaban J connectivity index is 1.74. The molecule has 2 rings (SSSR count). The lowest BCUT2D eigenvalue weighted by molar-refractivity contribution is -0.134. The molecule has 0 spiro atoms. The summed E-state index contributed by atoms with van der Waals surface area (Å²) in [5, 5.41) is 13.0. The Bertz CT molecular complexity index is 306. The third-order valence-corrected chi connectivity index (χ3v) is 5.26. The van der Waals surface area contributed by atoms with Crippen LogP contribution in [0.5, 0.6) is 0 Å². The number of nitrogens with zero attached hydrogens (tertiary/aromatic N) is 1. The average molecular weight is 282 g/mol. The number of rotatable bonds is 4. The molecule has 2 N–H and O–H groups in total. The average Bonchev–Trinajstić information content (AvgIpc) is 2.48. The quantitative estimate of drug-likeness (QED) is 0.824. The lowest BCUT2D eigenvalue weighted by Gasteiger charge is -2.35. The predicted octanol–water partition coefficient (Wildman–Crippen LogP) is 1.63. The Morgan fingerprint density at radius 3 is 2.30 bits per heavy atom. The van der Waals surface area contributed by atoms with Gasteiger partial charge >= 0.3 is 0 Å². The Hall–Kier alpha value is -0.610. The molecular formula is C16H30N2O2. The highest BCUT2D eigenvalue weighted by atomic mass is 16.3. The monoisotopic (exact) mass is 282 g/mol. The Kier molecular flexibility index (Phi) is 5.85. The van der Waals surface area contributed by atoms with E-state index in [0.717, 1.165) is 39.0 Å². The Labute approximate surface area is 122 Å². The van der Waals surface area contributed by atoms with Crippen molar-refractivity contribution in [2.75, 3.05) is 26.2 Å². The number of hydrogen-bond donors (Lipinski definition) is 2. The summed E-state index contributed by atoms with van der Waals surface area (Å²) < 4.78 is 0. The zero-order valence-electron chi connectivity index (χ0n) is 13.0. The lowest BCUT2D eigenvalue weighted by atomic mass is 9.83. The van der Waals surface area contributed by atoms with Gasteiger partial charge in [0, 0.05) is 19.5 Å². The number of aliphatic hydroxyl groups is 1. The van der Waals surface area contributed by atoms with Gasteiger partial charge in [-0.2, -0.15) is 0 Å². The number of likely N-dealkylation sites (tertiary alicyclic amines) is 1. The van der Waals surface area contributed by atoms with Gasteiger partial charge in [-0.05, 0) is 63.5 Å². The number of carbonyl (C=O) groups excluding carboxylic acids is 1. The van der Waals surface area contributed by atoms with Gasteiger partial charge in [0.15, 0.2) is 0 Å². The molecule has 2 aliphatic rings. The van der Waals surface area contributed by atoms with Crippen LogP contribution >= 0.6 is 0 Å². The standard InChI is InChI=1S/C16H30N2O2/c1-12(14-3-7-17-8-4-14)11-16(20)18-9-5-15(6-10-18)13(2)19/h12-15,17,19H,3-11H2,1-2H3. The molecular weight excluding hydrogens is 252 g/mol. The summed E-state index contributed by atoms with van der Waals surface area (Å²) in [5.41, 5.74) is 0. The fraction of sp³-hybridized carbons (Fsp3) is 0.938. The summed E-state index contributed by atoms with van der Waals surface area (Å²) in [5.74, 6) is 1.90. The minimum absolute atomic E-state index is 0.235. The van der Waals surface area contributed by atoms with Crippen molar-refractivity contribution < 1.29 is 9.90 Å². The fourth-order valence-corrected chi connectivity index (χ4v) is 3.62. The molecule has 0 radical (unpaired) electrons. The SMILES string of the molecule is CC(O)C1CCN(C(=O)CC(C)C2CCNCC2)CC1. The first-order chi connectivity index (χ1) is 9.58. The Morgan fingerprint density at radius 2 is 1.75 bits per heavy atom. The van der Waals surface area contributed by atoms with Crippen LogP contribution in [0.4, 0.5) is 0 Å². The van der Waals surface area contributed by atoms with Crippen molar-refractivity contribution in [3.05, 3.63) is 0 Å². The number of piperidine rings is 2. The van der Waals surface area contributed by atoms with Gasteiger partial charge in [-0.25, -0.2) is 0 Å². The first kappa shape index (κ1) is 15.8. The van der Waals surface area contributed by atoms with E-state index in [0.29, 0.717) is 30.1 Å². The maximum Gasteiger partial charge on any atom is 0.222 e. The van der Waals surface area contributed by atoms with Gasteiger partial charge in [0.2, 0.25) is 5.91 Å². The van der Waals surface area contributed by atoms with Crippen LogP contribution in [0.1, 0.15) is 46.0 Å². The predicted molar refractivity (Wildman–Crippen MR) is 80.4 cm³/mol. The maximum absolute atomic E-state index is 12.4. The molecule has 0 aliphatic carbocycles. The summed E-state index contributed by atoms with van der Waals surface area (Å²) in [4.78, 5) is 14.4. The molecule has 4 nitrogen and oxygen atoms in total. The summed E-state index contributed by atoms with van der Waals surface area (Å²) in [6.45, 7) is 7.95. The van der Waals surface area contributed by atoms with E-state index in [-0.39, 0.29) is 6.10 Å². The van der Waals surface area contributed by atoms with Crippen LogP contribution in [-0.2, 0) is 4.79 Å². The number of nitrogens with one attached hydrogen (secondary N) is 1. The van der Waals surface area contributed by atoms with E-state index >= 15 is 0 Å². The molecule has 0 saturated carbocycles. The van der Waals surface area contributed by atoms with E-state index in [4.69, 9.17) is 0 Å². The third kappa shape index (κ3) is 4.19. The smallest absolute Gasteiger partial charge is 0.222 e. The van der Waals surface area contributed by atoms with Gasteiger partial charge in [0.1, 0.15) is 0 Å². The number of carbonyl (C=O) groups is 1. The molecule has 0 bridgehead atoms. The van der Waals surface area contributed by atoms with E-state index in [2.05, 4.69) is 12.2 Å². The molecule has 2 fully saturated rings. The molecule has 2 aliphatic heterocycles. The van der Waals surface area contributed by atoms with Gasteiger partial charge in [-0.1, -0.05) is 6.92 Å². The highest BCUT2D eigenvalue weighted by Crippen LogP contribution is 2.26. The fourth-order valence-electron chi connectivity index (χ4n) is 3.62. The molecule has 2 unspecified atom stereocenters. The second kappa shape index (κ2) is 7.41. The zero-order chi connectivity index (χ0) is 14.5. The van der Waals surface area contributed by atoms with Crippen molar-refractivity contribution in [2.45, 2.75) is 52.1 Å². The molecule has 0 aromatic rings. The van der Waals surface area contributed by atoms with Crippen molar-refractivity contribution in [2.24, 2.45) is 17.8 Å². The van der Waals surface area contributed by atoms with Gasteiger partial charge in [0.05, 0.1) is 6.10 Å². The molecule has 0 aromatic heterocycles. The van der Waals surface area contributed by atoms with Crippen LogP contribution in [0.2, 0.25) is 0 Å². The van der Waals surface area contributed by atoms with Gasteiger partial charge < -0.3 is 15.3 Å². The summed E-state index contributed by atoms with van der Waals surface area (Å²) in [6.07, 6.45) is 4.78. The second-order valence-electron chi connectivity index (χ2n) is 6.73. The van der Waals surface area contributed by atoms with Crippen molar-refractivity contribution in [1.29, 1.82) is 0 Å². The molecule has 2 heterocycles. The molecule has 2 saturated heterocycles. The number of amides is 1. The summed E-state index contributed by atoms with van der Waals surface area (Å²) in [6, 6.07) is 0. The normalized spacial score (nSPS) is 25.4. The lowest BCUT2D eigenvalue weighted by Crippen LogP contribution is -2.42. The first-order valence-corrected chi connectivity index (χ1v) is 8.24. The van der Waals surface area contributed by atoms with Crippen LogP contribution in [0.3, 0.4) is 0 Å². The van der Waals surface area contributed by atoms with Crippen molar-refractivity contribution >= 4 is 5.91 Å². The van der Waals surface area contributed by atoms with Crippen LogP contribution in [0.15, 0.2) is 0 Å². The van der Waals surface area contributed by atoms with Crippen molar-refractivity contribution in [3.8, 4) is 0 Å². The number of aliphatic hydroxyl groups excluding tert-OH is 1. The van der Waals surface area contributed by atoms with Gasteiger partial charge in [0.25, 0.3) is 0 Å². The molecule has 1 amide bonds. The molecule has 4 heteroatoms. The molecule has 116 valence electrons. The van der Waals surface area contributed by atoms with Crippen molar-refractivity contribution in [1.82, 2.24) is 10.2 Å². The summed E-state index contributed by atoms with van der Waals surface area (Å²) >= 11 is 0. The topological polar surface area (TPSA) is 52.6 Å². The van der Waals surface area contributed by atoms with E-state index in [1.54, 1.807) is 0 Å². The van der Waals surface area contributed by atoms with Gasteiger partial charge in [-0.3, -0.25) is 4.79 Å². The van der Waals surface area contributed by atoms with E-state index in [9.17, 15) is 9.90 Å². The zero-order valence-corrected chi connectivity index (χ0v) is 13.0. The third-order valence-electron chi connectivity index (χ3n) is 5.26. The largest absolute Gasteiger partial charge is 0.393 e. The van der Waals surface area contributed by atoms with Crippen LogP contribution in [0.25, 0.3) is 0 Å². The van der Waals surface area contributed by atoms with Crippen LogP contribution in [0, 0.1) is 17.8 Å². The number of hydrogen-bond acceptors (Lipinski definition) is 3. The van der Waals surface area contributed by atoms with E-state index in [1.807, 2.05) is 11.8 Å². The maximum atomic E-state index is 12.4. The molecule has 2 atom stereocenters.